The number of aromatic nitrogens is 4. The Morgan fingerprint density at radius 2 is 1.42 bits per heavy atom. The molecule has 0 bridgehead atoms. The Bertz CT molecular complexity index is 1480. The van der Waals surface area contributed by atoms with Crippen molar-refractivity contribution in [2.45, 2.75) is 6.18 Å². The average molecular weight is 447 g/mol. The number of pyridine rings is 2. The number of fused-ring (bicyclic) bond motifs is 2. The van der Waals surface area contributed by atoms with Gasteiger partial charge in [0.2, 0.25) is 5.95 Å². The lowest BCUT2D eigenvalue weighted by atomic mass is 10.1. The molecule has 0 fully saturated rings. The molecule has 4 N–H and O–H groups in total. The Labute approximate surface area is 185 Å². The maximum atomic E-state index is 13.0. The number of nitrogen functional groups attached to an aromatic ring is 1. The Morgan fingerprint density at radius 3 is 2.27 bits per heavy atom. The normalized spacial score (nSPS) is 11.6. The highest BCUT2D eigenvalue weighted by atomic mass is 19.4. The summed E-state index contributed by atoms with van der Waals surface area (Å²) in [6.07, 6.45) is -0.284. The van der Waals surface area contributed by atoms with Crippen LogP contribution in [0.3, 0.4) is 0 Å². The second kappa shape index (κ2) is 7.90. The number of hydrogen-bond donors (Lipinski definition) is 3. The van der Waals surface area contributed by atoms with E-state index < -0.39 is 11.9 Å². The highest BCUT2D eigenvalue weighted by Crippen LogP contribution is 2.34. The van der Waals surface area contributed by atoms with E-state index in [-0.39, 0.29) is 5.95 Å². The molecule has 3 aromatic heterocycles. The first-order valence-electron chi connectivity index (χ1n) is 9.85. The highest BCUT2D eigenvalue weighted by molar-refractivity contribution is 6.04. The third kappa shape index (κ3) is 3.93. The quantitative estimate of drug-likeness (QED) is 0.306. The fourth-order valence-electron chi connectivity index (χ4n) is 3.55. The zero-order valence-electron chi connectivity index (χ0n) is 16.9. The molecule has 0 aliphatic heterocycles. The van der Waals surface area contributed by atoms with Gasteiger partial charge in [0.1, 0.15) is 11.5 Å². The van der Waals surface area contributed by atoms with Crippen LogP contribution in [0.4, 0.5) is 42.0 Å². The molecular weight excluding hydrogens is 431 g/mol. The molecule has 164 valence electrons. The third-order valence-corrected chi connectivity index (χ3v) is 5.05. The summed E-state index contributed by atoms with van der Waals surface area (Å²) in [5, 5.41) is 8.55. The zero-order chi connectivity index (χ0) is 23.0. The van der Waals surface area contributed by atoms with E-state index in [9.17, 15) is 13.2 Å². The van der Waals surface area contributed by atoms with Crippen molar-refractivity contribution in [3.05, 3.63) is 78.9 Å². The molecule has 0 unspecified atom stereocenters. The first-order valence-corrected chi connectivity index (χ1v) is 9.85. The number of rotatable bonds is 4. The van der Waals surface area contributed by atoms with Gasteiger partial charge in [-0.3, -0.25) is 4.98 Å². The number of para-hydroxylation sites is 1. The van der Waals surface area contributed by atoms with Crippen molar-refractivity contribution in [1.82, 2.24) is 19.9 Å². The number of hydrogen-bond acceptors (Lipinski definition) is 7. The maximum Gasteiger partial charge on any atom is 0.433 e. The molecule has 5 aromatic rings. The van der Waals surface area contributed by atoms with E-state index in [1.54, 1.807) is 18.5 Å². The SMILES string of the molecule is Nc1cccc2c(Nc3cccc4c(Nc5nccc(C(F)(F)F)n5)nccc34)ccnc12. The molecule has 7 nitrogen and oxygen atoms in total. The van der Waals surface area contributed by atoms with Crippen molar-refractivity contribution in [3.63, 3.8) is 0 Å². The van der Waals surface area contributed by atoms with Crippen LogP contribution in [-0.4, -0.2) is 19.9 Å². The van der Waals surface area contributed by atoms with Crippen molar-refractivity contribution in [1.29, 1.82) is 0 Å². The van der Waals surface area contributed by atoms with Crippen molar-refractivity contribution >= 4 is 50.5 Å². The summed E-state index contributed by atoms with van der Waals surface area (Å²) in [6, 6.07) is 15.6. The molecule has 0 spiro atoms. The molecule has 0 aliphatic carbocycles. The Kier molecular flexibility index (Phi) is 4.89. The highest BCUT2D eigenvalue weighted by Gasteiger charge is 2.32. The number of nitrogens with two attached hydrogens (primary N) is 1. The lowest BCUT2D eigenvalue weighted by Crippen LogP contribution is -2.10. The number of anilines is 5. The second-order valence-electron chi connectivity index (χ2n) is 7.18. The van der Waals surface area contributed by atoms with Gasteiger partial charge < -0.3 is 16.4 Å². The number of alkyl halides is 3. The van der Waals surface area contributed by atoms with Crippen molar-refractivity contribution in [3.8, 4) is 0 Å². The van der Waals surface area contributed by atoms with Crippen molar-refractivity contribution in [2.24, 2.45) is 0 Å². The second-order valence-corrected chi connectivity index (χ2v) is 7.18. The van der Waals surface area contributed by atoms with Crippen LogP contribution in [0.2, 0.25) is 0 Å². The fraction of sp³-hybridized carbons (Fsp3) is 0.0435. The van der Waals surface area contributed by atoms with Crippen LogP contribution in [0.15, 0.2) is 73.2 Å². The van der Waals surface area contributed by atoms with Crippen LogP contribution in [0.1, 0.15) is 5.69 Å². The predicted molar refractivity (Wildman–Crippen MR) is 121 cm³/mol. The van der Waals surface area contributed by atoms with E-state index in [1.165, 1.54) is 0 Å². The average Bonchev–Trinajstić information content (AvgIpc) is 2.80. The smallest absolute Gasteiger partial charge is 0.397 e. The molecule has 5 rings (SSSR count). The molecule has 0 aliphatic rings. The largest absolute Gasteiger partial charge is 0.433 e. The molecular formula is C23H16F3N7. The predicted octanol–water partition coefficient (Wildman–Crippen LogP) is 5.66. The van der Waals surface area contributed by atoms with Gasteiger partial charge in [0, 0.05) is 46.1 Å². The first-order chi connectivity index (χ1) is 15.9. The Morgan fingerprint density at radius 1 is 0.697 bits per heavy atom. The Balaban J connectivity index is 1.54. The molecule has 10 heteroatoms. The standard InChI is InChI=1S/C23H16F3N7/c24-23(25,26)19-9-12-30-22(32-19)33-21-14-3-2-6-17(13(14)7-10-29-21)31-18-8-11-28-20-15(18)4-1-5-16(20)27/h1-12H,27H2,(H,28,31)(H,29,30,32,33). The van der Waals surface area contributed by atoms with E-state index in [0.717, 1.165) is 34.4 Å². The van der Waals surface area contributed by atoms with Gasteiger partial charge in [-0.2, -0.15) is 13.2 Å². The van der Waals surface area contributed by atoms with Gasteiger partial charge in [-0.25, -0.2) is 15.0 Å². The van der Waals surface area contributed by atoms with E-state index in [0.29, 0.717) is 22.4 Å². The zero-order valence-corrected chi connectivity index (χ0v) is 16.9. The topological polar surface area (TPSA) is 102 Å². The monoisotopic (exact) mass is 447 g/mol. The molecule has 0 radical (unpaired) electrons. The van der Waals surface area contributed by atoms with Crippen molar-refractivity contribution in [2.75, 3.05) is 16.4 Å². The summed E-state index contributed by atoms with van der Waals surface area (Å²) in [5.74, 6) is 0.137. The minimum atomic E-state index is -4.57. The molecule has 0 saturated carbocycles. The van der Waals surface area contributed by atoms with E-state index in [2.05, 4.69) is 30.6 Å². The van der Waals surface area contributed by atoms with Crippen LogP contribution < -0.4 is 16.4 Å². The van der Waals surface area contributed by atoms with E-state index in [1.807, 2.05) is 42.5 Å². The number of nitrogens with one attached hydrogen (secondary N) is 2. The number of halogens is 3. The fourth-order valence-corrected chi connectivity index (χ4v) is 3.55. The van der Waals surface area contributed by atoms with Gasteiger partial charge in [-0.15, -0.1) is 0 Å². The van der Waals surface area contributed by atoms with E-state index in [4.69, 9.17) is 5.73 Å². The van der Waals surface area contributed by atoms with Crippen LogP contribution in [0.5, 0.6) is 0 Å². The minimum Gasteiger partial charge on any atom is -0.397 e. The van der Waals surface area contributed by atoms with Gasteiger partial charge in [0.25, 0.3) is 0 Å². The molecule has 0 atom stereocenters. The lowest BCUT2D eigenvalue weighted by molar-refractivity contribution is -0.141. The summed E-state index contributed by atoms with van der Waals surface area (Å²) in [6.45, 7) is 0. The summed E-state index contributed by atoms with van der Waals surface area (Å²) < 4.78 is 39.0. The van der Waals surface area contributed by atoms with Crippen LogP contribution in [0.25, 0.3) is 21.7 Å². The van der Waals surface area contributed by atoms with Gasteiger partial charge in [0.05, 0.1) is 11.2 Å². The van der Waals surface area contributed by atoms with Gasteiger partial charge in [-0.05, 0) is 30.3 Å². The van der Waals surface area contributed by atoms with Gasteiger partial charge in [0.15, 0.2) is 0 Å². The lowest BCUT2D eigenvalue weighted by Gasteiger charge is -2.14. The Hall–Kier alpha value is -4.47. The first kappa shape index (κ1) is 20.4. The maximum absolute atomic E-state index is 13.0. The molecule has 2 aromatic carbocycles. The van der Waals surface area contributed by atoms with Crippen LogP contribution >= 0.6 is 0 Å². The molecule has 0 amide bonds. The minimum absolute atomic E-state index is 0.196. The van der Waals surface area contributed by atoms with E-state index >= 15 is 0 Å². The van der Waals surface area contributed by atoms with Gasteiger partial charge in [-0.1, -0.05) is 24.3 Å². The van der Waals surface area contributed by atoms with Crippen LogP contribution in [-0.2, 0) is 6.18 Å². The summed E-state index contributed by atoms with van der Waals surface area (Å²) in [5.41, 5.74) is 7.87. The molecule has 0 saturated heterocycles. The number of nitrogens with zero attached hydrogens (tertiary/aromatic N) is 4. The summed E-state index contributed by atoms with van der Waals surface area (Å²) in [4.78, 5) is 16.1. The van der Waals surface area contributed by atoms with Crippen LogP contribution in [0, 0.1) is 0 Å². The van der Waals surface area contributed by atoms with Crippen molar-refractivity contribution < 1.29 is 13.2 Å². The summed E-state index contributed by atoms with van der Waals surface area (Å²) in [7, 11) is 0. The van der Waals surface area contributed by atoms with Gasteiger partial charge >= 0.3 is 6.18 Å². The molecule has 3 heterocycles. The summed E-state index contributed by atoms with van der Waals surface area (Å²) >= 11 is 0. The third-order valence-electron chi connectivity index (χ3n) is 5.05. The number of benzene rings is 2. The molecule has 33 heavy (non-hydrogen) atoms.